The smallest absolute Gasteiger partial charge is 0.354 e. The first-order chi connectivity index (χ1) is 18.7. The van der Waals surface area contributed by atoms with Crippen molar-refractivity contribution in [2.24, 2.45) is 5.16 Å². The minimum Gasteiger partial charge on any atom is -0.477 e. The topological polar surface area (TPSA) is 228 Å². The molecule has 0 bridgehead atoms. The number of fused-ring (bicyclic) bond motifs is 2. The molecule has 1 fully saturated rings. The molecule has 0 aromatic carbocycles. The number of nitrogen functional groups attached to an aromatic ring is 1. The number of nitrogens with one attached hydrogen (secondary N) is 1. The van der Waals surface area contributed by atoms with E-state index in [1.54, 1.807) is 0 Å². The summed E-state index contributed by atoms with van der Waals surface area (Å²) in [5.41, 5.74) is 5.65. The highest BCUT2D eigenvalue weighted by atomic mass is 32.2. The Kier molecular flexibility index (Phi) is 7.10. The normalized spacial score (nSPS) is 19.1. The van der Waals surface area contributed by atoms with Crippen LogP contribution in [0.4, 0.5) is 5.13 Å². The van der Waals surface area contributed by atoms with Gasteiger partial charge in [-0.25, -0.2) is 19.6 Å². The van der Waals surface area contributed by atoms with E-state index in [0.29, 0.717) is 10.6 Å². The Labute approximate surface area is 230 Å². The summed E-state index contributed by atoms with van der Waals surface area (Å²) in [6.45, 7) is 0. The largest absolute Gasteiger partial charge is 0.477 e. The van der Waals surface area contributed by atoms with Crippen LogP contribution in [-0.4, -0.2) is 99.2 Å². The van der Waals surface area contributed by atoms with Crippen molar-refractivity contribution in [3.8, 4) is 0 Å². The van der Waals surface area contributed by atoms with Crippen LogP contribution < -0.4 is 11.1 Å². The molecule has 0 spiro atoms. The molecule has 3 aromatic heterocycles. The van der Waals surface area contributed by atoms with Crippen molar-refractivity contribution in [3.63, 3.8) is 0 Å². The third-order valence-electron chi connectivity index (χ3n) is 5.56. The first kappa shape index (κ1) is 26.4. The molecule has 202 valence electrons. The zero-order valence-corrected chi connectivity index (χ0v) is 22.1. The highest BCUT2D eigenvalue weighted by Gasteiger charge is 2.54. The SMILES string of the molecule is CON=C(C(=O)N[C@@H]1C(=O)N2C(C(=O)O)=C(CSc3cc(C(=O)O)nc4nncn34)CS[C@H]12)c1csc(N)n1. The molecule has 0 radical (unpaired) electrons. The van der Waals surface area contributed by atoms with Gasteiger partial charge in [0.2, 0.25) is 0 Å². The second-order valence-electron chi connectivity index (χ2n) is 7.89. The molecule has 5 rings (SSSR count). The van der Waals surface area contributed by atoms with Crippen LogP contribution in [0.25, 0.3) is 5.78 Å². The molecule has 16 nitrogen and oxygen atoms in total. The molecule has 1 saturated heterocycles. The number of hydrogen-bond donors (Lipinski definition) is 4. The highest BCUT2D eigenvalue weighted by Crippen LogP contribution is 2.41. The maximum atomic E-state index is 13.0. The van der Waals surface area contributed by atoms with Crippen molar-refractivity contribution in [3.05, 3.63) is 40.4 Å². The van der Waals surface area contributed by atoms with Crippen LogP contribution in [-0.2, 0) is 19.2 Å². The summed E-state index contributed by atoms with van der Waals surface area (Å²) in [6, 6.07) is 0.331. The molecule has 5 N–H and O–H groups in total. The van der Waals surface area contributed by atoms with Gasteiger partial charge in [0.25, 0.3) is 17.6 Å². The van der Waals surface area contributed by atoms with Crippen molar-refractivity contribution in [2.45, 2.75) is 16.4 Å². The van der Waals surface area contributed by atoms with Crippen LogP contribution in [0, 0.1) is 0 Å². The number of nitrogens with two attached hydrogens (primary N) is 1. The summed E-state index contributed by atoms with van der Waals surface area (Å²) in [5.74, 6) is -3.42. The average Bonchev–Trinajstić information content (AvgIpc) is 3.56. The van der Waals surface area contributed by atoms with Gasteiger partial charge in [-0.15, -0.1) is 45.1 Å². The lowest BCUT2D eigenvalue weighted by Gasteiger charge is -2.49. The van der Waals surface area contributed by atoms with E-state index in [2.05, 4.69) is 30.6 Å². The zero-order chi connectivity index (χ0) is 27.8. The number of carbonyl (C=O) groups is 4. The molecule has 19 heteroatoms. The molecular formula is C20H17N9O7S3. The summed E-state index contributed by atoms with van der Waals surface area (Å²) in [6.07, 6.45) is 1.36. The van der Waals surface area contributed by atoms with Crippen molar-refractivity contribution >= 4 is 75.2 Å². The summed E-state index contributed by atoms with van der Waals surface area (Å²) in [7, 11) is 1.25. The zero-order valence-electron chi connectivity index (χ0n) is 19.7. The molecule has 5 heterocycles. The quantitative estimate of drug-likeness (QED) is 0.0827. The fourth-order valence-electron chi connectivity index (χ4n) is 3.87. The van der Waals surface area contributed by atoms with Gasteiger partial charge < -0.3 is 26.1 Å². The second-order valence-corrected chi connectivity index (χ2v) is 10.9. The Morgan fingerprint density at radius 3 is 2.74 bits per heavy atom. The number of aliphatic carboxylic acids is 1. The van der Waals surface area contributed by atoms with Gasteiger partial charge in [-0.3, -0.25) is 18.9 Å². The Hall–Kier alpha value is -4.23. The number of oxime groups is 1. The third kappa shape index (κ3) is 4.86. The van der Waals surface area contributed by atoms with E-state index in [9.17, 15) is 29.4 Å². The molecule has 2 aliphatic rings. The number of thioether (sulfide) groups is 2. The van der Waals surface area contributed by atoms with Crippen molar-refractivity contribution in [2.75, 3.05) is 24.3 Å². The number of thiazole rings is 1. The summed E-state index contributed by atoms with van der Waals surface area (Å²) in [5, 5.41) is 34.6. The number of β-lactam (4-membered cyclic amide) rings is 1. The van der Waals surface area contributed by atoms with Gasteiger partial charge in [0.15, 0.2) is 16.5 Å². The van der Waals surface area contributed by atoms with E-state index >= 15 is 0 Å². The number of carbonyl (C=O) groups excluding carboxylic acids is 2. The van der Waals surface area contributed by atoms with Crippen LogP contribution >= 0.6 is 34.9 Å². The van der Waals surface area contributed by atoms with E-state index in [1.165, 1.54) is 41.0 Å². The van der Waals surface area contributed by atoms with E-state index in [1.807, 2.05) is 0 Å². The number of aromatic nitrogens is 5. The number of carboxylic acid groups (broad SMARTS) is 2. The molecule has 3 aromatic rings. The van der Waals surface area contributed by atoms with E-state index in [-0.39, 0.29) is 45.2 Å². The third-order valence-corrected chi connectivity index (χ3v) is 8.68. The summed E-state index contributed by atoms with van der Waals surface area (Å²) >= 11 is 3.54. The first-order valence-corrected chi connectivity index (χ1v) is 13.7. The predicted molar refractivity (Wildman–Crippen MR) is 138 cm³/mol. The predicted octanol–water partition coefficient (Wildman–Crippen LogP) is -0.257. The minimum atomic E-state index is -1.30. The minimum absolute atomic E-state index is 0.0798. The maximum absolute atomic E-state index is 13.0. The Morgan fingerprint density at radius 2 is 2.08 bits per heavy atom. The lowest BCUT2D eigenvalue weighted by molar-refractivity contribution is -0.150. The number of amides is 2. The lowest BCUT2D eigenvalue weighted by Crippen LogP contribution is -2.71. The molecule has 0 saturated carbocycles. The van der Waals surface area contributed by atoms with E-state index in [0.717, 1.165) is 28.0 Å². The maximum Gasteiger partial charge on any atom is 0.354 e. The number of aromatic carboxylic acids is 1. The van der Waals surface area contributed by atoms with Crippen LogP contribution in [0.1, 0.15) is 16.2 Å². The number of rotatable bonds is 9. The molecular weight excluding hydrogens is 574 g/mol. The fraction of sp³-hybridized carbons (Fsp3) is 0.250. The summed E-state index contributed by atoms with van der Waals surface area (Å²) < 4.78 is 1.48. The standard InChI is InChI=1S/C20H17N9O7S3/c1-36-27-11(9-5-39-19(21)23-9)14(30)25-12-15(31)29-13(18(34)35)7(4-38-16(12)29)3-37-10-2-8(17(32)33)24-20-26-22-6-28(10)20/h2,5-6,12,16H,3-4H2,1H3,(H2,21,23)(H,25,30)(H,32,33)(H,34,35)/t12-,16-/m1/s1. The molecule has 2 atom stereocenters. The van der Waals surface area contributed by atoms with Gasteiger partial charge in [0.1, 0.15) is 36.2 Å². The van der Waals surface area contributed by atoms with Gasteiger partial charge in [0, 0.05) is 23.0 Å². The fourth-order valence-corrected chi connectivity index (χ4v) is 6.91. The number of hydrogen-bond acceptors (Lipinski definition) is 14. The Morgan fingerprint density at radius 1 is 1.28 bits per heavy atom. The van der Waals surface area contributed by atoms with E-state index in [4.69, 9.17) is 10.6 Å². The molecule has 0 unspecified atom stereocenters. The Bertz CT molecular complexity index is 1580. The van der Waals surface area contributed by atoms with Crippen molar-refractivity contribution < 1.29 is 34.2 Å². The van der Waals surface area contributed by atoms with Crippen LogP contribution in [0.15, 0.2) is 39.2 Å². The summed E-state index contributed by atoms with van der Waals surface area (Å²) in [4.78, 5) is 63.4. The van der Waals surface area contributed by atoms with Gasteiger partial charge in [-0.1, -0.05) is 5.16 Å². The van der Waals surface area contributed by atoms with Gasteiger partial charge in [0.05, 0.1) is 5.03 Å². The number of anilines is 1. The van der Waals surface area contributed by atoms with Gasteiger partial charge >= 0.3 is 11.9 Å². The number of carboxylic acids is 2. The van der Waals surface area contributed by atoms with Crippen LogP contribution in [0.2, 0.25) is 0 Å². The molecule has 2 amide bonds. The number of nitrogens with zero attached hydrogens (tertiary/aromatic N) is 7. The Balaban J connectivity index is 1.34. The molecule has 2 aliphatic heterocycles. The molecule has 39 heavy (non-hydrogen) atoms. The van der Waals surface area contributed by atoms with Gasteiger partial charge in [-0.05, 0) is 5.57 Å². The monoisotopic (exact) mass is 591 g/mol. The average molecular weight is 592 g/mol. The first-order valence-electron chi connectivity index (χ1n) is 10.8. The second kappa shape index (κ2) is 10.5. The highest BCUT2D eigenvalue weighted by molar-refractivity contribution is 8.01. The van der Waals surface area contributed by atoms with Crippen molar-refractivity contribution in [1.82, 2.24) is 34.8 Å². The molecule has 0 aliphatic carbocycles. The van der Waals surface area contributed by atoms with Gasteiger partial charge in [-0.2, -0.15) is 0 Å². The van der Waals surface area contributed by atoms with Crippen LogP contribution in [0.3, 0.4) is 0 Å². The van der Waals surface area contributed by atoms with Crippen molar-refractivity contribution in [1.29, 1.82) is 0 Å². The van der Waals surface area contributed by atoms with E-state index < -0.39 is 35.2 Å². The van der Waals surface area contributed by atoms with Crippen LogP contribution in [0.5, 0.6) is 0 Å². The lowest BCUT2D eigenvalue weighted by atomic mass is 10.0.